The van der Waals surface area contributed by atoms with Crippen LogP contribution in [0.5, 0.6) is 0 Å². The number of carbonyl (C=O) groups excluding carboxylic acids is 1. The zero-order valence-electron chi connectivity index (χ0n) is 12.8. The van der Waals surface area contributed by atoms with Crippen molar-refractivity contribution in [2.75, 3.05) is 5.32 Å². The van der Waals surface area contributed by atoms with Gasteiger partial charge in [0.2, 0.25) is 5.13 Å². The van der Waals surface area contributed by atoms with Gasteiger partial charge in [0.15, 0.2) is 0 Å². The number of carbonyl (C=O) groups is 1. The van der Waals surface area contributed by atoms with E-state index in [0.717, 1.165) is 11.3 Å². The minimum absolute atomic E-state index is 0.00791. The van der Waals surface area contributed by atoms with E-state index in [1.54, 1.807) is 0 Å². The third-order valence-corrected chi connectivity index (χ3v) is 4.14. The summed E-state index contributed by atoms with van der Waals surface area (Å²) >= 11 is 0.985. The SMILES string of the molecule is CC(C)c1nnc(NC(=O)c2cc(C(F)(F)F)cc(C(F)(F)F)c2)s1. The molecule has 0 saturated carbocycles. The van der Waals surface area contributed by atoms with E-state index >= 15 is 0 Å². The molecule has 0 aliphatic rings. The topological polar surface area (TPSA) is 54.9 Å². The summed E-state index contributed by atoms with van der Waals surface area (Å²) in [5.74, 6) is -1.13. The largest absolute Gasteiger partial charge is 0.416 e. The molecule has 0 saturated heterocycles. The van der Waals surface area contributed by atoms with Gasteiger partial charge in [0.25, 0.3) is 5.91 Å². The molecule has 0 bridgehead atoms. The van der Waals surface area contributed by atoms with Crippen molar-refractivity contribution in [1.82, 2.24) is 10.2 Å². The quantitative estimate of drug-likeness (QED) is 0.763. The molecule has 0 spiro atoms. The smallest absolute Gasteiger partial charge is 0.296 e. The van der Waals surface area contributed by atoms with Gasteiger partial charge in [-0.1, -0.05) is 25.2 Å². The fourth-order valence-electron chi connectivity index (χ4n) is 1.77. The van der Waals surface area contributed by atoms with Gasteiger partial charge < -0.3 is 0 Å². The maximum absolute atomic E-state index is 12.8. The third-order valence-electron chi connectivity index (χ3n) is 3.00. The lowest BCUT2D eigenvalue weighted by Crippen LogP contribution is -2.17. The summed E-state index contributed by atoms with van der Waals surface area (Å²) in [5.41, 5.74) is -3.90. The lowest BCUT2D eigenvalue weighted by atomic mass is 10.0. The Kier molecular flexibility index (Phi) is 5.07. The van der Waals surface area contributed by atoms with E-state index in [9.17, 15) is 31.1 Å². The number of benzene rings is 1. The number of hydrogen-bond acceptors (Lipinski definition) is 4. The number of amides is 1. The Morgan fingerprint density at radius 2 is 1.52 bits per heavy atom. The number of alkyl halides is 6. The van der Waals surface area contributed by atoms with Crippen molar-refractivity contribution in [3.05, 3.63) is 39.9 Å². The number of hydrogen-bond donors (Lipinski definition) is 1. The van der Waals surface area contributed by atoms with Crippen LogP contribution in [-0.4, -0.2) is 16.1 Å². The molecule has 136 valence electrons. The summed E-state index contributed by atoms with van der Waals surface area (Å²) in [6, 6.07) is 0.669. The number of nitrogens with one attached hydrogen (secondary N) is 1. The maximum Gasteiger partial charge on any atom is 0.416 e. The normalized spacial score (nSPS) is 12.5. The van der Waals surface area contributed by atoms with Crippen LogP contribution in [0.1, 0.15) is 46.3 Å². The predicted octanol–water partition coefficient (Wildman–Crippen LogP) is 4.95. The molecule has 1 heterocycles. The minimum atomic E-state index is -5.02. The van der Waals surface area contributed by atoms with Gasteiger partial charge in [0.1, 0.15) is 5.01 Å². The Balaban J connectivity index is 2.37. The number of rotatable bonds is 3. The van der Waals surface area contributed by atoms with Crippen molar-refractivity contribution in [1.29, 1.82) is 0 Å². The molecule has 0 unspecified atom stereocenters. The van der Waals surface area contributed by atoms with E-state index in [2.05, 4.69) is 15.5 Å². The van der Waals surface area contributed by atoms with Gasteiger partial charge >= 0.3 is 12.4 Å². The van der Waals surface area contributed by atoms with Crippen molar-refractivity contribution in [2.24, 2.45) is 0 Å². The van der Waals surface area contributed by atoms with Crippen LogP contribution in [0.2, 0.25) is 0 Å². The van der Waals surface area contributed by atoms with E-state index in [1.165, 1.54) is 0 Å². The van der Waals surface area contributed by atoms with Crippen LogP contribution in [0, 0.1) is 0 Å². The summed E-state index contributed by atoms with van der Waals surface area (Å²) in [4.78, 5) is 12.0. The van der Waals surface area contributed by atoms with Crippen molar-refractivity contribution in [3.63, 3.8) is 0 Å². The Morgan fingerprint density at radius 3 is 1.92 bits per heavy atom. The van der Waals surface area contributed by atoms with Crippen LogP contribution in [-0.2, 0) is 12.4 Å². The number of halogens is 6. The number of anilines is 1. The van der Waals surface area contributed by atoms with Gasteiger partial charge in [-0.15, -0.1) is 10.2 Å². The molecule has 1 amide bonds. The lowest BCUT2D eigenvalue weighted by Gasteiger charge is -2.13. The van der Waals surface area contributed by atoms with E-state index in [4.69, 9.17) is 0 Å². The van der Waals surface area contributed by atoms with Gasteiger partial charge in [-0.3, -0.25) is 10.1 Å². The van der Waals surface area contributed by atoms with Gasteiger partial charge in [-0.2, -0.15) is 26.3 Å². The van der Waals surface area contributed by atoms with Crippen molar-refractivity contribution in [2.45, 2.75) is 32.1 Å². The first-order valence-corrected chi connectivity index (χ1v) is 7.64. The second kappa shape index (κ2) is 6.62. The molecular weight excluding hydrogens is 372 g/mol. The first-order valence-electron chi connectivity index (χ1n) is 6.82. The molecule has 11 heteroatoms. The van der Waals surface area contributed by atoms with Crippen LogP contribution in [0.4, 0.5) is 31.5 Å². The Bertz CT molecular complexity index is 749. The van der Waals surface area contributed by atoms with Crippen molar-refractivity contribution in [3.8, 4) is 0 Å². The van der Waals surface area contributed by atoms with Gasteiger partial charge in [0, 0.05) is 11.5 Å². The van der Waals surface area contributed by atoms with Crippen LogP contribution in [0.25, 0.3) is 0 Å². The Hall–Kier alpha value is -2.17. The summed E-state index contributed by atoms with van der Waals surface area (Å²) in [7, 11) is 0. The molecule has 0 radical (unpaired) electrons. The van der Waals surface area contributed by atoms with Crippen LogP contribution >= 0.6 is 11.3 Å². The van der Waals surface area contributed by atoms with Crippen molar-refractivity contribution < 1.29 is 31.1 Å². The molecule has 2 rings (SSSR count). The average molecular weight is 383 g/mol. The van der Waals surface area contributed by atoms with Crippen LogP contribution in [0.3, 0.4) is 0 Å². The highest BCUT2D eigenvalue weighted by Gasteiger charge is 2.37. The molecular formula is C14H11F6N3OS. The van der Waals surface area contributed by atoms with Gasteiger partial charge in [0.05, 0.1) is 11.1 Å². The molecule has 0 fully saturated rings. The maximum atomic E-state index is 12.8. The van der Waals surface area contributed by atoms with E-state index < -0.39 is 35.0 Å². The molecule has 0 atom stereocenters. The summed E-state index contributed by atoms with van der Waals surface area (Å²) in [5, 5.41) is 10.1. The standard InChI is InChI=1S/C14H11F6N3OS/c1-6(2)11-22-23-12(25-11)21-10(24)7-3-8(13(15,16)17)5-9(4-7)14(18,19)20/h3-6H,1-2H3,(H,21,23,24). The number of aromatic nitrogens is 2. The first-order chi connectivity index (χ1) is 11.4. The highest BCUT2D eigenvalue weighted by molar-refractivity contribution is 7.15. The minimum Gasteiger partial charge on any atom is -0.296 e. The summed E-state index contributed by atoms with van der Waals surface area (Å²) < 4.78 is 76.8. The molecule has 0 aliphatic carbocycles. The van der Waals surface area contributed by atoms with Gasteiger partial charge in [-0.25, -0.2) is 0 Å². The number of nitrogens with zero attached hydrogens (tertiary/aromatic N) is 2. The zero-order chi connectivity index (χ0) is 19.0. The first kappa shape index (κ1) is 19.2. The third kappa shape index (κ3) is 4.68. The molecule has 2 aromatic rings. The molecule has 4 nitrogen and oxygen atoms in total. The molecule has 25 heavy (non-hydrogen) atoms. The highest BCUT2D eigenvalue weighted by Crippen LogP contribution is 2.36. The van der Waals surface area contributed by atoms with Crippen LogP contribution < -0.4 is 5.32 Å². The van der Waals surface area contributed by atoms with E-state index in [0.29, 0.717) is 17.1 Å². The van der Waals surface area contributed by atoms with Gasteiger partial charge in [-0.05, 0) is 18.2 Å². The lowest BCUT2D eigenvalue weighted by molar-refractivity contribution is -0.143. The Morgan fingerprint density at radius 1 is 1.00 bits per heavy atom. The van der Waals surface area contributed by atoms with Crippen LogP contribution in [0.15, 0.2) is 18.2 Å². The predicted molar refractivity (Wildman–Crippen MR) is 78.4 cm³/mol. The molecule has 1 N–H and O–H groups in total. The van der Waals surface area contributed by atoms with E-state index in [-0.39, 0.29) is 17.1 Å². The monoisotopic (exact) mass is 383 g/mol. The second-order valence-electron chi connectivity index (χ2n) is 5.35. The fourth-order valence-corrected chi connectivity index (χ4v) is 2.51. The zero-order valence-corrected chi connectivity index (χ0v) is 13.6. The molecule has 1 aromatic heterocycles. The Labute approximate surface area is 141 Å². The summed E-state index contributed by atoms with van der Waals surface area (Å²) in [6.07, 6.45) is -10.0. The highest BCUT2D eigenvalue weighted by atomic mass is 32.1. The fraction of sp³-hybridized carbons (Fsp3) is 0.357. The summed E-state index contributed by atoms with van der Waals surface area (Å²) in [6.45, 7) is 3.63. The van der Waals surface area contributed by atoms with Crippen molar-refractivity contribution >= 4 is 22.4 Å². The molecule has 0 aliphatic heterocycles. The average Bonchev–Trinajstić information content (AvgIpc) is 2.93. The second-order valence-corrected chi connectivity index (χ2v) is 6.36. The van der Waals surface area contributed by atoms with E-state index in [1.807, 2.05) is 13.8 Å². The molecule has 1 aromatic carbocycles.